The van der Waals surface area contributed by atoms with Gasteiger partial charge >= 0.3 is 0 Å². The van der Waals surface area contributed by atoms with Crippen LogP contribution in [-0.2, 0) is 0 Å². The lowest BCUT2D eigenvalue weighted by Crippen LogP contribution is -2.18. The smallest absolute Gasteiger partial charge is 0.148 e. The molecule has 0 radical (unpaired) electrons. The molecule has 0 aromatic carbocycles. The van der Waals surface area contributed by atoms with Crippen LogP contribution >= 0.6 is 22.9 Å². The average molecular weight is 308 g/mol. The number of aryl methyl sites for hydroxylation is 1. The molecule has 2 heterocycles. The van der Waals surface area contributed by atoms with Gasteiger partial charge in [0, 0.05) is 11.4 Å². The predicted octanol–water partition coefficient (Wildman–Crippen LogP) is 4.15. The molecule has 108 valence electrons. The van der Waals surface area contributed by atoms with Crippen molar-refractivity contribution < 1.29 is 0 Å². The summed E-state index contributed by atoms with van der Waals surface area (Å²) in [5.41, 5.74) is 7.96. The predicted molar refractivity (Wildman–Crippen MR) is 87.4 cm³/mol. The van der Waals surface area contributed by atoms with E-state index in [2.05, 4.69) is 27.0 Å². The molecular weight excluding hydrogens is 288 g/mol. The maximum Gasteiger partial charge on any atom is 0.148 e. The van der Waals surface area contributed by atoms with Gasteiger partial charge in [-0.3, -0.25) is 0 Å². The standard InChI is InChI=1S/C14H20N4S2/c1-3-10(6-9-4-5-9)17-14-12(13(15)18-20-14)11-7-19-8(2)16-11/h7,9-10,17H,3-6H2,1-2H3,(H2,15,18). The van der Waals surface area contributed by atoms with Gasteiger partial charge in [0.25, 0.3) is 0 Å². The van der Waals surface area contributed by atoms with Crippen molar-refractivity contribution in [2.75, 3.05) is 11.1 Å². The second-order valence-electron chi connectivity index (χ2n) is 5.45. The van der Waals surface area contributed by atoms with Crippen molar-refractivity contribution >= 4 is 33.7 Å². The molecule has 20 heavy (non-hydrogen) atoms. The van der Waals surface area contributed by atoms with E-state index >= 15 is 0 Å². The van der Waals surface area contributed by atoms with Crippen molar-refractivity contribution in [3.63, 3.8) is 0 Å². The van der Waals surface area contributed by atoms with E-state index < -0.39 is 0 Å². The molecule has 1 aliphatic rings. The van der Waals surface area contributed by atoms with Gasteiger partial charge in [0.05, 0.1) is 16.3 Å². The normalized spacial score (nSPS) is 16.3. The Balaban J connectivity index is 1.82. The lowest BCUT2D eigenvalue weighted by Gasteiger charge is -2.17. The summed E-state index contributed by atoms with van der Waals surface area (Å²) >= 11 is 3.10. The Bertz CT molecular complexity index is 586. The Morgan fingerprint density at radius 2 is 2.30 bits per heavy atom. The summed E-state index contributed by atoms with van der Waals surface area (Å²) in [6.45, 7) is 4.25. The zero-order chi connectivity index (χ0) is 14.1. The van der Waals surface area contributed by atoms with Crippen LogP contribution in [0.25, 0.3) is 11.3 Å². The molecule has 2 aromatic rings. The Kier molecular flexibility index (Phi) is 3.94. The van der Waals surface area contributed by atoms with Gasteiger partial charge in [-0.1, -0.05) is 19.8 Å². The number of thiazole rings is 1. The molecular formula is C14H20N4S2. The van der Waals surface area contributed by atoms with Crippen LogP contribution in [0.3, 0.4) is 0 Å². The van der Waals surface area contributed by atoms with Gasteiger partial charge < -0.3 is 11.1 Å². The Morgan fingerprint density at radius 3 is 2.90 bits per heavy atom. The molecule has 1 aliphatic carbocycles. The average Bonchev–Trinajstić information content (AvgIpc) is 3.04. The van der Waals surface area contributed by atoms with Crippen molar-refractivity contribution in [2.45, 2.75) is 45.6 Å². The summed E-state index contributed by atoms with van der Waals surface area (Å²) in [6, 6.07) is 0.515. The number of hydrogen-bond donors (Lipinski definition) is 2. The first-order valence-corrected chi connectivity index (χ1v) is 8.76. The van der Waals surface area contributed by atoms with E-state index in [0.717, 1.165) is 33.6 Å². The molecule has 1 atom stereocenters. The van der Waals surface area contributed by atoms with Crippen molar-refractivity contribution in [1.82, 2.24) is 9.36 Å². The number of anilines is 2. The Morgan fingerprint density at radius 1 is 1.50 bits per heavy atom. The van der Waals surface area contributed by atoms with Gasteiger partial charge in [-0.05, 0) is 37.2 Å². The molecule has 0 aliphatic heterocycles. The van der Waals surface area contributed by atoms with Gasteiger partial charge in [0.1, 0.15) is 10.8 Å². The number of hydrogen-bond acceptors (Lipinski definition) is 6. The van der Waals surface area contributed by atoms with Crippen LogP contribution in [-0.4, -0.2) is 15.4 Å². The fourth-order valence-electron chi connectivity index (χ4n) is 2.40. The van der Waals surface area contributed by atoms with Crippen molar-refractivity contribution in [1.29, 1.82) is 0 Å². The number of rotatable bonds is 6. The summed E-state index contributed by atoms with van der Waals surface area (Å²) in [5, 5.41) is 7.82. The fourth-order valence-corrected chi connectivity index (χ4v) is 3.80. The molecule has 3 N–H and O–H groups in total. The summed E-state index contributed by atoms with van der Waals surface area (Å²) in [7, 11) is 0. The van der Waals surface area contributed by atoms with Gasteiger partial charge in [0.2, 0.25) is 0 Å². The van der Waals surface area contributed by atoms with Gasteiger partial charge in [-0.15, -0.1) is 11.3 Å². The third-order valence-electron chi connectivity index (χ3n) is 3.74. The molecule has 0 amide bonds. The highest BCUT2D eigenvalue weighted by Gasteiger charge is 2.26. The monoisotopic (exact) mass is 308 g/mol. The molecule has 0 saturated heterocycles. The van der Waals surface area contributed by atoms with E-state index in [1.54, 1.807) is 11.3 Å². The number of nitrogen functional groups attached to an aromatic ring is 1. The number of nitrogens with two attached hydrogens (primary N) is 1. The molecule has 1 fully saturated rings. The number of nitrogens with zero attached hydrogens (tertiary/aromatic N) is 2. The van der Waals surface area contributed by atoms with Gasteiger partial charge in [-0.25, -0.2) is 4.98 Å². The third kappa shape index (κ3) is 2.96. The lowest BCUT2D eigenvalue weighted by molar-refractivity contribution is 0.588. The summed E-state index contributed by atoms with van der Waals surface area (Å²) in [4.78, 5) is 4.55. The van der Waals surface area contributed by atoms with Crippen molar-refractivity contribution in [3.8, 4) is 11.3 Å². The highest BCUT2D eigenvalue weighted by molar-refractivity contribution is 7.11. The molecule has 0 bridgehead atoms. The van der Waals surface area contributed by atoms with Crippen molar-refractivity contribution in [3.05, 3.63) is 10.4 Å². The van der Waals surface area contributed by atoms with Crippen LogP contribution in [0.15, 0.2) is 5.38 Å². The van der Waals surface area contributed by atoms with E-state index in [9.17, 15) is 0 Å². The van der Waals surface area contributed by atoms with Crippen LogP contribution in [0.4, 0.5) is 10.8 Å². The molecule has 6 heteroatoms. The molecule has 4 nitrogen and oxygen atoms in total. The molecule has 1 saturated carbocycles. The lowest BCUT2D eigenvalue weighted by atomic mass is 10.1. The SMILES string of the molecule is CCC(CC1CC1)Nc1snc(N)c1-c1csc(C)n1. The van der Waals surface area contributed by atoms with Gasteiger partial charge in [0.15, 0.2) is 0 Å². The highest BCUT2D eigenvalue weighted by Crippen LogP contribution is 2.39. The van der Waals surface area contributed by atoms with E-state index in [0.29, 0.717) is 11.9 Å². The quantitative estimate of drug-likeness (QED) is 0.841. The molecule has 0 spiro atoms. The van der Waals surface area contributed by atoms with Crippen molar-refractivity contribution in [2.24, 2.45) is 5.92 Å². The summed E-state index contributed by atoms with van der Waals surface area (Å²) in [6.07, 6.45) is 5.16. The third-order valence-corrected chi connectivity index (χ3v) is 5.30. The second kappa shape index (κ2) is 5.69. The number of nitrogens with one attached hydrogen (secondary N) is 1. The highest BCUT2D eigenvalue weighted by atomic mass is 32.1. The molecule has 2 aromatic heterocycles. The van der Waals surface area contributed by atoms with Crippen LogP contribution < -0.4 is 11.1 Å². The zero-order valence-electron chi connectivity index (χ0n) is 11.8. The second-order valence-corrected chi connectivity index (χ2v) is 7.29. The minimum absolute atomic E-state index is 0.515. The van der Waals surface area contributed by atoms with Crippen LogP contribution in [0, 0.1) is 12.8 Å². The Labute approximate surface area is 127 Å². The van der Waals surface area contributed by atoms with Crippen LogP contribution in [0.2, 0.25) is 0 Å². The van der Waals surface area contributed by atoms with E-state index in [1.165, 1.54) is 30.8 Å². The first-order chi connectivity index (χ1) is 9.67. The molecule has 1 unspecified atom stereocenters. The minimum atomic E-state index is 0.515. The van der Waals surface area contributed by atoms with E-state index in [-0.39, 0.29) is 0 Å². The summed E-state index contributed by atoms with van der Waals surface area (Å²) < 4.78 is 4.31. The summed E-state index contributed by atoms with van der Waals surface area (Å²) in [5.74, 6) is 1.51. The molecule has 3 rings (SSSR count). The number of aromatic nitrogens is 2. The van der Waals surface area contributed by atoms with E-state index in [1.807, 2.05) is 6.92 Å². The van der Waals surface area contributed by atoms with Gasteiger partial charge in [-0.2, -0.15) is 4.37 Å². The maximum atomic E-state index is 6.04. The minimum Gasteiger partial charge on any atom is -0.382 e. The zero-order valence-corrected chi connectivity index (χ0v) is 13.5. The topological polar surface area (TPSA) is 63.8 Å². The van der Waals surface area contributed by atoms with E-state index in [4.69, 9.17) is 5.73 Å². The fraction of sp³-hybridized carbons (Fsp3) is 0.571. The first kappa shape index (κ1) is 13.8. The maximum absolute atomic E-state index is 6.04. The Hall–Kier alpha value is -1.14. The van der Waals surface area contributed by atoms with Crippen LogP contribution in [0.5, 0.6) is 0 Å². The largest absolute Gasteiger partial charge is 0.382 e. The first-order valence-electron chi connectivity index (χ1n) is 7.11. The van der Waals surface area contributed by atoms with Crippen LogP contribution in [0.1, 0.15) is 37.6 Å².